The van der Waals surface area contributed by atoms with E-state index in [-0.39, 0.29) is 11.9 Å². The van der Waals surface area contributed by atoms with Gasteiger partial charge in [-0.1, -0.05) is 0 Å². The molecule has 3 rings (SSSR count). The molecule has 0 amide bonds. The average molecular weight is 304 g/mol. The summed E-state index contributed by atoms with van der Waals surface area (Å²) in [6.45, 7) is 1.96. The zero-order chi connectivity index (χ0) is 15.2. The van der Waals surface area contributed by atoms with Crippen molar-refractivity contribution in [2.45, 2.75) is 32.0 Å². The lowest BCUT2D eigenvalue weighted by atomic mass is 10.2. The summed E-state index contributed by atoms with van der Waals surface area (Å²) in [7, 11) is 0. The highest BCUT2D eigenvalue weighted by Gasteiger charge is 2.13. The zero-order valence-corrected chi connectivity index (χ0v) is 12.5. The van der Waals surface area contributed by atoms with Gasteiger partial charge in [-0.05, 0) is 37.5 Å². The molecule has 5 nitrogen and oxygen atoms in total. The maximum absolute atomic E-state index is 11.2. The summed E-state index contributed by atoms with van der Waals surface area (Å²) in [5.41, 5.74) is 0.183. The fourth-order valence-electron chi connectivity index (χ4n) is 2.44. The summed E-state index contributed by atoms with van der Waals surface area (Å²) in [6, 6.07) is 8.63. The van der Waals surface area contributed by atoms with Gasteiger partial charge in [0.25, 0.3) is 0 Å². The summed E-state index contributed by atoms with van der Waals surface area (Å²) in [5.74, 6) is 0.691. The topological polar surface area (TPSA) is 57.9 Å². The van der Waals surface area contributed by atoms with Crippen LogP contribution in [0.2, 0.25) is 0 Å². The lowest BCUT2D eigenvalue weighted by Gasteiger charge is -2.22. The molecule has 0 radical (unpaired) electrons. The first-order valence-electron chi connectivity index (χ1n) is 7.71. The van der Waals surface area contributed by atoms with E-state index in [1.54, 1.807) is 12.1 Å². The molecule has 0 aliphatic carbocycles. The van der Waals surface area contributed by atoms with E-state index < -0.39 is 0 Å². The van der Waals surface area contributed by atoms with Crippen LogP contribution in [0.5, 0.6) is 5.75 Å². The SMILES string of the molecule is O=c1ccc2ccc(OCCCOC3CCCCO3)cc2o1. The maximum Gasteiger partial charge on any atom is 0.336 e. The van der Waals surface area contributed by atoms with Crippen molar-refractivity contribution in [2.75, 3.05) is 19.8 Å². The fourth-order valence-corrected chi connectivity index (χ4v) is 2.44. The van der Waals surface area contributed by atoms with Gasteiger partial charge in [-0.15, -0.1) is 0 Å². The lowest BCUT2D eigenvalue weighted by Crippen LogP contribution is -2.23. The molecule has 5 heteroatoms. The number of fused-ring (bicyclic) bond motifs is 1. The van der Waals surface area contributed by atoms with Crippen LogP contribution in [-0.2, 0) is 9.47 Å². The van der Waals surface area contributed by atoms with Gasteiger partial charge in [0.15, 0.2) is 6.29 Å². The van der Waals surface area contributed by atoms with Gasteiger partial charge in [0.05, 0.1) is 13.2 Å². The lowest BCUT2D eigenvalue weighted by molar-refractivity contribution is -0.163. The molecule has 0 spiro atoms. The molecule has 1 aromatic carbocycles. The quantitative estimate of drug-likeness (QED) is 0.606. The van der Waals surface area contributed by atoms with Gasteiger partial charge in [-0.25, -0.2) is 4.79 Å². The van der Waals surface area contributed by atoms with Crippen molar-refractivity contribution in [3.05, 3.63) is 40.8 Å². The number of rotatable bonds is 6. The highest BCUT2D eigenvalue weighted by atomic mass is 16.7. The molecule has 0 saturated carbocycles. The molecule has 1 aliphatic heterocycles. The molecule has 1 atom stereocenters. The van der Waals surface area contributed by atoms with Crippen LogP contribution in [-0.4, -0.2) is 26.1 Å². The summed E-state index contributed by atoms with van der Waals surface area (Å²) >= 11 is 0. The minimum Gasteiger partial charge on any atom is -0.493 e. The van der Waals surface area contributed by atoms with Gasteiger partial charge in [0.1, 0.15) is 11.3 Å². The van der Waals surface area contributed by atoms with Gasteiger partial charge in [-0.2, -0.15) is 0 Å². The molecule has 1 aromatic heterocycles. The largest absolute Gasteiger partial charge is 0.493 e. The van der Waals surface area contributed by atoms with Crippen LogP contribution in [0.25, 0.3) is 11.0 Å². The van der Waals surface area contributed by atoms with Gasteiger partial charge in [-0.3, -0.25) is 0 Å². The number of ether oxygens (including phenoxy) is 3. The van der Waals surface area contributed by atoms with Crippen LogP contribution >= 0.6 is 0 Å². The van der Waals surface area contributed by atoms with Gasteiger partial charge < -0.3 is 18.6 Å². The second kappa shape index (κ2) is 7.42. The zero-order valence-electron chi connectivity index (χ0n) is 12.5. The van der Waals surface area contributed by atoms with Crippen LogP contribution in [0.1, 0.15) is 25.7 Å². The third-order valence-electron chi connectivity index (χ3n) is 3.59. The van der Waals surface area contributed by atoms with Crippen LogP contribution < -0.4 is 10.4 Å². The van der Waals surface area contributed by atoms with Gasteiger partial charge in [0.2, 0.25) is 0 Å². The Bertz CT molecular complexity index is 657. The molecule has 0 bridgehead atoms. The highest BCUT2D eigenvalue weighted by molar-refractivity contribution is 5.77. The van der Waals surface area contributed by atoms with E-state index in [1.165, 1.54) is 12.5 Å². The number of benzene rings is 1. The molecule has 1 fully saturated rings. The molecular weight excluding hydrogens is 284 g/mol. The van der Waals surface area contributed by atoms with Crippen molar-refractivity contribution < 1.29 is 18.6 Å². The maximum atomic E-state index is 11.2. The van der Waals surface area contributed by atoms with E-state index in [9.17, 15) is 4.79 Å². The van der Waals surface area contributed by atoms with E-state index in [2.05, 4.69) is 0 Å². The standard InChI is InChI=1S/C17H20O5/c18-16-8-6-13-5-7-14(12-15(13)22-16)19-10-3-11-21-17-4-1-2-9-20-17/h5-8,12,17H,1-4,9-11H2. The Morgan fingerprint density at radius 2 is 2.05 bits per heavy atom. The normalized spacial score (nSPS) is 18.5. The number of hydrogen-bond donors (Lipinski definition) is 0. The second-order valence-corrected chi connectivity index (χ2v) is 5.32. The van der Waals surface area contributed by atoms with Crippen LogP contribution in [0, 0.1) is 0 Å². The van der Waals surface area contributed by atoms with E-state index in [0.29, 0.717) is 24.5 Å². The minimum atomic E-state index is -0.356. The number of hydrogen-bond acceptors (Lipinski definition) is 5. The first kappa shape index (κ1) is 15.1. The Morgan fingerprint density at radius 3 is 2.91 bits per heavy atom. The van der Waals surface area contributed by atoms with Crippen molar-refractivity contribution >= 4 is 11.0 Å². The first-order chi connectivity index (χ1) is 10.8. The predicted octanol–water partition coefficient (Wildman–Crippen LogP) is 3.11. The Kier molecular flexibility index (Phi) is 5.08. The van der Waals surface area contributed by atoms with E-state index in [0.717, 1.165) is 31.3 Å². The van der Waals surface area contributed by atoms with E-state index in [4.69, 9.17) is 18.6 Å². The first-order valence-corrected chi connectivity index (χ1v) is 7.71. The molecular formula is C17H20O5. The molecule has 2 heterocycles. The molecule has 1 aliphatic rings. The fraction of sp³-hybridized carbons (Fsp3) is 0.471. The molecule has 0 N–H and O–H groups in total. The molecule has 1 unspecified atom stereocenters. The van der Waals surface area contributed by atoms with Crippen molar-refractivity contribution in [3.8, 4) is 5.75 Å². The summed E-state index contributed by atoms with van der Waals surface area (Å²) in [4.78, 5) is 11.2. The predicted molar refractivity (Wildman–Crippen MR) is 82.1 cm³/mol. The molecule has 118 valence electrons. The minimum absolute atomic E-state index is 0.0521. The molecule has 1 saturated heterocycles. The van der Waals surface area contributed by atoms with Crippen LogP contribution in [0.4, 0.5) is 0 Å². The van der Waals surface area contributed by atoms with Crippen LogP contribution in [0.15, 0.2) is 39.5 Å². The van der Waals surface area contributed by atoms with Gasteiger partial charge >= 0.3 is 5.63 Å². The van der Waals surface area contributed by atoms with Crippen molar-refractivity contribution in [3.63, 3.8) is 0 Å². The summed E-state index contributed by atoms with van der Waals surface area (Å²) < 4.78 is 21.9. The van der Waals surface area contributed by atoms with E-state index >= 15 is 0 Å². The average Bonchev–Trinajstić information content (AvgIpc) is 2.55. The van der Waals surface area contributed by atoms with Crippen molar-refractivity contribution in [1.82, 2.24) is 0 Å². The van der Waals surface area contributed by atoms with E-state index in [1.807, 2.05) is 12.1 Å². The Labute approximate surface area is 128 Å². The third kappa shape index (κ3) is 4.08. The van der Waals surface area contributed by atoms with Gasteiger partial charge in [0, 0.05) is 30.5 Å². The monoisotopic (exact) mass is 304 g/mol. The van der Waals surface area contributed by atoms with Crippen molar-refractivity contribution in [2.24, 2.45) is 0 Å². The third-order valence-corrected chi connectivity index (χ3v) is 3.59. The van der Waals surface area contributed by atoms with Crippen LogP contribution in [0.3, 0.4) is 0 Å². The Balaban J connectivity index is 1.44. The molecule has 22 heavy (non-hydrogen) atoms. The van der Waals surface area contributed by atoms with Crippen molar-refractivity contribution in [1.29, 1.82) is 0 Å². The smallest absolute Gasteiger partial charge is 0.336 e. The molecule has 2 aromatic rings. The second-order valence-electron chi connectivity index (χ2n) is 5.32. The summed E-state index contributed by atoms with van der Waals surface area (Å²) in [5, 5.41) is 0.879. The Hall–Kier alpha value is -1.85. The highest BCUT2D eigenvalue weighted by Crippen LogP contribution is 2.19. The summed E-state index contributed by atoms with van der Waals surface area (Å²) in [6.07, 6.45) is 4.01. The Morgan fingerprint density at radius 1 is 1.14 bits per heavy atom.